The van der Waals surface area contributed by atoms with Gasteiger partial charge < -0.3 is 20.0 Å². The summed E-state index contributed by atoms with van der Waals surface area (Å²) in [6.45, 7) is 17.3. The Morgan fingerprint density at radius 1 is 1.12 bits per heavy atom. The van der Waals surface area contributed by atoms with Crippen molar-refractivity contribution in [3.63, 3.8) is 0 Å². The second kappa shape index (κ2) is 9.60. The third-order valence-corrected chi connectivity index (χ3v) is 6.24. The highest BCUT2D eigenvalue weighted by molar-refractivity contribution is 6.34. The van der Waals surface area contributed by atoms with Crippen molar-refractivity contribution in [1.82, 2.24) is 15.5 Å². The zero-order valence-corrected chi connectivity index (χ0v) is 19.3. The van der Waals surface area contributed by atoms with E-state index in [0.29, 0.717) is 22.5 Å². The van der Waals surface area contributed by atoms with E-state index in [-0.39, 0.29) is 12.0 Å². The molecular weight excluding hydrogens is 424 g/mol. The smallest absolute Gasteiger partial charge is 0.247 e. The van der Waals surface area contributed by atoms with E-state index >= 15 is 0 Å². The molecule has 166 valence electrons. The van der Waals surface area contributed by atoms with Crippen LogP contribution < -0.4 is 15.5 Å². The number of hydrogen-bond acceptors (Lipinski definition) is 6. The van der Waals surface area contributed by atoms with Gasteiger partial charge in [0.05, 0.1) is 11.6 Å². The molecule has 0 saturated carbocycles. The van der Waals surface area contributed by atoms with Gasteiger partial charge in [0.2, 0.25) is 17.5 Å². The Hall–Kier alpha value is -3.08. The van der Waals surface area contributed by atoms with Crippen LogP contribution >= 0.6 is 11.6 Å². The predicted molar refractivity (Wildman–Crippen MR) is 128 cm³/mol. The number of nitrogens with zero attached hydrogens (tertiary/aromatic N) is 4. The molecule has 1 atom stereocenters. The molecule has 1 aliphatic rings. The van der Waals surface area contributed by atoms with Gasteiger partial charge in [-0.15, -0.1) is 10.2 Å². The third-order valence-electron chi connectivity index (χ3n) is 5.77. The molecule has 1 fully saturated rings. The summed E-state index contributed by atoms with van der Waals surface area (Å²) in [6.07, 6.45) is 0. The van der Waals surface area contributed by atoms with Crippen LogP contribution in [0.3, 0.4) is 0 Å². The lowest BCUT2D eigenvalue weighted by Gasteiger charge is -2.29. The van der Waals surface area contributed by atoms with Gasteiger partial charge >= 0.3 is 0 Å². The Morgan fingerprint density at radius 3 is 2.50 bits per heavy atom. The van der Waals surface area contributed by atoms with Crippen molar-refractivity contribution in [3.05, 3.63) is 64.3 Å². The van der Waals surface area contributed by atoms with E-state index < -0.39 is 0 Å². The van der Waals surface area contributed by atoms with Crippen molar-refractivity contribution < 1.29 is 4.42 Å². The minimum absolute atomic E-state index is 0.190. The van der Waals surface area contributed by atoms with E-state index in [1.54, 1.807) is 6.07 Å². The van der Waals surface area contributed by atoms with Gasteiger partial charge in [-0.05, 0) is 48.7 Å². The normalized spacial score (nSPS) is 14.9. The molecule has 2 aromatic carbocycles. The van der Waals surface area contributed by atoms with Crippen LogP contribution in [0, 0.1) is 19.4 Å². The highest BCUT2D eigenvalue weighted by atomic mass is 35.5. The van der Waals surface area contributed by atoms with Crippen molar-refractivity contribution in [2.75, 3.05) is 36.4 Å². The van der Waals surface area contributed by atoms with E-state index in [2.05, 4.69) is 56.6 Å². The molecule has 1 aromatic heterocycles. The molecule has 7 nitrogen and oxygen atoms in total. The van der Waals surface area contributed by atoms with E-state index in [4.69, 9.17) is 22.6 Å². The summed E-state index contributed by atoms with van der Waals surface area (Å²) in [5.74, 6) is 1.21. The lowest BCUT2D eigenvalue weighted by atomic mass is 10.0. The van der Waals surface area contributed by atoms with Crippen LogP contribution in [0.1, 0.15) is 31.3 Å². The fourth-order valence-corrected chi connectivity index (χ4v) is 4.02. The van der Waals surface area contributed by atoms with Crippen LogP contribution in [-0.2, 0) is 0 Å². The van der Waals surface area contributed by atoms with Gasteiger partial charge in [-0.1, -0.05) is 31.5 Å². The first-order chi connectivity index (χ1) is 15.5. The highest BCUT2D eigenvalue weighted by Gasteiger charge is 2.24. The van der Waals surface area contributed by atoms with Gasteiger partial charge in [0.1, 0.15) is 6.04 Å². The number of hydrogen-bond donors (Lipinski definition) is 2. The average Bonchev–Trinajstić information content (AvgIpc) is 3.30. The van der Waals surface area contributed by atoms with Gasteiger partial charge in [-0.2, -0.15) is 0 Å². The maximum atomic E-state index is 7.23. The zero-order chi connectivity index (χ0) is 22.7. The van der Waals surface area contributed by atoms with Gasteiger partial charge in [-0.25, -0.2) is 4.85 Å². The maximum Gasteiger partial charge on any atom is 0.247 e. The van der Waals surface area contributed by atoms with Gasteiger partial charge in [0.15, 0.2) is 0 Å². The highest BCUT2D eigenvalue weighted by Crippen LogP contribution is 2.36. The Kier molecular flexibility index (Phi) is 6.63. The molecule has 0 radical (unpaired) electrons. The molecule has 4 rings (SSSR count). The number of rotatable bonds is 6. The summed E-state index contributed by atoms with van der Waals surface area (Å²) in [6, 6.07) is 11.7. The van der Waals surface area contributed by atoms with Crippen LogP contribution in [-0.4, -0.2) is 36.4 Å². The standard InChI is InChI=1S/C24H27ClN6O/c1-15(2)22(28-19-9-10-20(26-4)21(25)16(19)3)24-30-29-23(32-24)17-5-7-18(8-6-17)31-13-11-27-12-14-31/h5-10,15,22,27-28H,11-14H2,1-3H3/t22-/m1/s1. The quantitative estimate of drug-likeness (QED) is 0.485. The van der Waals surface area contributed by atoms with Crippen LogP contribution in [0.5, 0.6) is 0 Å². The van der Waals surface area contributed by atoms with Crippen molar-refractivity contribution in [3.8, 4) is 11.5 Å². The molecule has 0 unspecified atom stereocenters. The number of anilines is 2. The van der Waals surface area contributed by atoms with Crippen molar-refractivity contribution in [2.45, 2.75) is 26.8 Å². The van der Waals surface area contributed by atoms with Crippen LogP contribution in [0.2, 0.25) is 5.02 Å². The fourth-order valence-electron chi connectivity index (χ4n) is 3.81. The molecule has 32 heavy (non-hydrogen) atoms. The number of aromatic nitrogens is 2. The lowest BCUT2D eigenvalue weighted by molar-refractivity contribution is 0.413. The first-order valence-corrected chi connectivity index (χ1v) is 11.2. The number of benzene rings is 2. The minimum Gasteiger partial charge on any atom is -0.418 e. The van der Waals surface area contributed by atoms with E-state index in [1.165, 1.54) is 5.69 Å². The van der Waals surface area contributed by atoms with Crippen LogP contribution in [0.25, 0.3) is 16.3 Å². The number of piperazine rings is 1. The Balaban J connectivity index is 1.54. The second-order valence-electron chi connectivity index (χ2n) is 8.28. The molecule has 2 heterocycles. The Morgan fingerprint density at radius 2 is 1.84 bits per heavy atom. The van der Waals surface area contributed by atoms with Crippen molar-refractivity contribution in [1.29, 1.82) is 0 Å². The fraction of sp³-hybridized carbons (Fsp3) is 0.375. The molecule has 0 amide bonds. The molecule has 2 N–H and O–H groups in total. The molecule has 0 aliphatic carbocycles. The number of halogens is 1. The van der Waals surface area contributed by atoms with Gasteiger partial charge in [0.25, 0.3) is 0 Å². The van der Waals surface area contributed by atoms with Crippen molar-refractivity contribution in [2.24, 2.45) is 5.92 Å². The first kappa shape index (κ1) is 22.1. The van der Waals surface area contributed by atoms with Gasteiger partial charge in [0, 0.05) is 43.1 Å². The summed E-state index contributed by atoms with van der Waals surface area (Å²) in [4.78, 5) is 5.83. The summed E-state index contributed by atoms with van der Waals surface area (Å²) < 4.78 is 6.08. The molecule has 0 bridgehead atoms. The Labute approximate surface area is 193 Å². The van der Waals surface area contributed by atoms with E-state index in [1.807, 2.05) is 25.1 Å². The minimum atomic E-state index is -0.190. The van der Waals surface area contributed by atoms with E-state index in [9.17, 15) is 0 Å². The molecule has 3 aromatic rings. The SMILES string of the molecule is [C-]#[N+]c1ccc(N[C@@H](c2nnc(-c3ccc(N4CCNCC4)cc3)o2)C(C)C)c(C)c1Cl. The predicted octanol–water partition coefficient (Wildman–Crippen LogP) is 5.47. The monoisotopic (exact) mass is 450 g/mol. The van der Waals surface area contributed by atoms with Crippen LogP contribution in [0.15, 0.2) is 40.8 Å². The molecule has 1 aliphatic heterocycles. The molecule has 8 heteroatoms. The summed E-state index contributed by atoms with van der Waals surface area (Å²) >= 11 is 6.35. The van der Waals surface area contributed by atoms with Crippen molar-refractivity contribution >= 4 is 28.7 Å². The van der Waals surface area contributed by atoms with Crippen LogP contribution in [0.4, 0.5) is 17.1 Å². The molecule has 1 saturated heterocycles. The number of nitrogens with one attached hydrogen (secondary N) is 2. The second-order valence-corrected chi connectivity index (χ2v) is 8.66. The summed E-state index contributed by atoms with van der Waals surface area (Å²) in [5, 5.41) is 15.9. The topological polar surface area (TPSA) is 70.6 Å². The first-order valence-electron chi connectivity index (χ1n) is 10.8. The third kappa shape index (κ3) is 4.57. The summed E-state index contributed by atoms with van der Waals surface area (Å²) in [7, 11) is 0. The molecular formula is C24H27ClN6O. The van der Waals surface area contributed by atoms with Gasteiger partial charge in [-0.3, -0.25) is 0 Å². The summed E-state index contributed by atoms with van der Waals surface area (Å²) in [5.41, 5.74) is 4.22. The van der Waals surface area contributed by atoms with E-state index in [0.717, 1.165) is 43.0 Å². The maximum absolute atomic E-state index is 7.23. The average molecular weight is 451 g/mol. The molecule has 0 spiro atoms. The Bertz CT molecular complexity index is 1110. The lowest BCUT2D eigenvalue weighted by Crippen LogP contribution is -2.43. The zero-order valence-electron chi connectivity index (χ0n) is 18.5. The largest absolute Gasteiger partial charge is 0.418 e.